The van der Waals surface area contributed by atoms with Crippen molar-refractivity contribution in [1.29, 1.82) is 0 Å². The highest BCUT2D eigenvalue weighted by molar-refractivity contribution is 8.00. The van der Waals surface area contributed by atoms with Gasteiger partial charge in [0, 0.05) is 17.2 Å². The number of thiol groups is 1. The lowest BCUT2D eigenvalue weighted by atomic mass is 10.5. The fraction of sp³-hybridized carbons (Fsp3) is 0.500. The summed E-state index contributed by atoms with van der Waals surface area (Å²) < 4.78 is 1.32. The van der Waals surface area contributed by atoms with Gasteiger partial charge in [0.25, 0.3) is 5.56 Å². The molecule has 3 nitrogen and oxygen atoms in total. The van der Waals surface area contributed by atoms with Crippen LogP contribution in [0, 0.1) is 0 Å². The smallest absolute Gasteiger partial charge is 0.266 e. The third-order valence-corrected chi connectivity index (χ3v) is 3.02. The van der Waals surface area contributed by atoms with Crippen molar-refractivity contribution in [2.24, 2.45) is 7.05 Å². The second-order valence-corrected chi connectivity index (χ2v) is 5.02. The third kappa shape index (κ3) is 2.51. The molecule has 0 aliphatic carbocycles. The Kier molecular flexibility index (Phi) is 3.44. The number of hydrogen-bond donors (Lipinski definition) is 1. The van der Waals surface area contributed by atoms with E-state index in [2.05, 4.69) is 17.7 Å². The molecule has 0 aliphatic rings. The molecule has 0 unspecified atom stereocenters. The molecule has 5 heteroatoms. The van der Waals surface area contributed by atoms with Crippen LogP contribution in [0.1, 0.15) is 13.8 Å². The van der Waals surface area contributed by atoms with E-state index >= 15 is 0 Å². The molecule has 0 saturated carbocycles. The maximum atomic E-state index is 11.6. The van der Waals surface area contributed by atoms with Crippen LogP contribution in [0.3, 0.4) is 0 Å². The van der Waals surface area contributed by atoms with Gasteiger partial charge in [-0.05, 0) is 0 Å². The lowest BCUT2D eigenvalue weighted by Gasteiger charge is -2.07. The monoisotopic (exact) mass is 216 g/mol. The van der Waals surface area contributed by atoms with Crippen LogP contribution in [-0.2, 0) is 7.05 Å². The minimum atomic E-state index is -0.0776. The summed E-state index contributed by atoms with van der Waals surface area (Å²) in [6.07, 6.45) is 1.59. The topological polar surface area (TPSA) is 34.9 Å². The summed E-state index contributed by atoms with van der Waals surface area (Å²) in [7, 11) is 1.64. The van der Waals surface area contributed by atoms with E-state index in [4.69, 9.17) is 0 Å². The molecule has 0 aliphatic heterocycles. The molecule has 0 spiro atoms. The number of nitrogens with zero attached hydrogens (tertiary/aromatic N) is 2. The third-order valence-electron chi connectivity index (χ3n) is 1.43. The molecule has 1 aromatic heterocycles. The van der Waals surface area contributed by atoms with Crippen molar-refractivity contribution < 1.29 is 0 Å². The van der Waals surface area contributed by atoms with Crippen LogP contribution < -0.4 is 5.56 Å². The average molecular weight is 216 g/mol. The predicted molar refractivity (Wildman–Crippen MR) is 57.7 cm³/mol. The molecule has 13 heavy (non-hydrogen) atoms. The van der Waals surface area contributed by atoms with E-state index in [0.29, 0.717) is 15.0 Å². The van der Waals surface area contributed by atoms with Gasteiger partial charge in [-0.1, -0.05) is 13.8 Å². The highest BCUT2D eigenvalue weighted by Gasteiger charge is 2.09. The predicted octanol–water partition coefficient (Wildman–Crippen LogP) is 1.57. The number of rotatable bonds is 2. The molecule has 0 bridgehead atoms. The summed E-state index contributed by atoms with van der Waals surface area (Å²) in [5, 5.41) is 4.24. The number of hydrogen-bond acceptors (Lipinski definition) is 4. The summed E-state index contributed by atoms with van der Waals surface area (Å²) >= 11 is 5.71. The fourth-order valence-corrected chi connectivity index (χ4v) is 2.04. The molecule has 0 atom stereocenters. The van der Waals surface area contributed by atoms with E-state index in [1.165, 1.54) is 16.4 Å². The highest BCUT2D eigenvalue weighted by atomic mass is 32.2. The van der Waals surface area contributed by atoms with Crippen LogP contribution in [-0.4, -0.2) is 15.0 Å². The molecular formula is C8H12N2OS2. The Morgan fingerprint density at radius 3 is 2.77 bits per heavy atom. The van der Waals surface area contributed by atoms with Gasteiger partial charge in [0.05, 0.1) is 11.1 Å². The second-order valence-electron chi connectivity index (χ2n) is 2.95. The Morgan fingerprint density at radius 2 is 2.23 bits per heavy atom. The van der Waals surface area contributed by atoms with Crippen molar-refractivity contribution in [2.75, 3.05) is 0 Å². The van der Waals surface area contributed by atoms with Gasteiger partial charge in [-0.3, -0.25) is 4.79 Å². The first kappa shape index (κ1) is 10.7. The minimum Gasteiger partial charge on any atom is -0.266 e. The molecule has 0 aromatic carbocycles. The standard InChI is InChI=1S/C8H12N2OS2/c1-5(2)13-7-6(12)4-9-10(3)8(7)11/h4-5,12H,1-3H3. The zero-order valence-corrected chi connectivity index (χ0v) is 9.52. The summed E-state index contributed by atoms with van der Waals surface area (Å²) in [6.45, 7) is 4.08. The lowest BCUT2D eigenvalue weighted by Crippen LogP contribution is -2.21. The van der Waals surface area contributed by atoms with E-state index in [1.54, 1.807) is 13.2 Å². The van der Waals surface area contributed by atoms with E-state index in [-0.39, 0.29) is 5.56 Å². The molecule has 1 aromatic rings. The average Bonchev–Trinajstić information content (AvgIpc) is 2.05. The van der Waals surface area contributed by atoms with Crippen LogP contribution >= 0.6 is 24.4 Å². The first-order valence-electron chi connectivity index (χ1n) is 3.94. The molecule has 72 valence electrons. The zero-order chi connectivity index (χ0) is 10.0. The lowest BCUT2D eigenvalue weighted by molar-refractivity contribution is 0.671. The molecular weight excluding hydrogens is 204 g/mol. The summed E-state index contributed by atoms with van der Waals surface area (Å²) in [5.41, 5.74) is -0.0776. The van der Waals surface area contributed by atoms with Crippen LogP contribution in [0.25, 0.3) is 0 Å². The summed E-state index contributed by atoms with van der Waals surface area (Å²) in [5.74, 6) is 0. The molecule has 0 N–H and O–H groups in total. The molecule has 1 heterocycles. The highest BCUT2D eigenvalue weighted by Crippen LogP contribution is 2.24. The maximum Gasteiger partial charge on any atom is 0.281 e. The van der Waals surface area contributed by atoms with E-state index in [1.807, 2.05) is 13.8 Å². The van der Waals surface area contributed by atoms with Crippen molar-refractivity contribution in [1.82, 2.24) is 9.78 Å². The molecule has 0 saturated heterocycles. The molecule has 0 radical (unpaired) electrons. The summed E-state index contributed by atoms with van der Waals surface area (Å²) in [4.78, 5) is 12.9. The Bertz CT molecular complexity index is 360. The fourth-order valence-electron chi connectivity index (χ4n) is 0.855. The van der Waals surface area contributed by atoms with Crippen LogP contribution in [0.15, 0.2) is 20.8 Å². The number of thioether (sulfide) groups is 1. The number of aryl methyl sites for hydroxylation is 1. The van der Waals surface area contributed by atoms with Gasteiger partial charge in [0.15, 0.2) is 0 Å². The van der Waals surface area contributed by atoms with Crippen molar-refractivity contribution >= 4 is 24.4 Å². The minimum absolute atomic E-state index is 0.0776. The first-order chi connectivity index (χ1) is 6.02. The molecule has 1 rings (SSSR count). The first-order valence-corrected chi connectivity index (χ1v) is 5.27. The number of aromatic nitrogens is 2. The van der Waals surface area contributed by atoms with E-state index in [0.717, 1.165) is 0 Å². The summed E-state index contributed by atoms with van der Waals surface area (Å²) in [6, 6.07) is 0. The van der Waals surface area contributed by atoms with Crippen LogP contribution in [0.4, 0.5) is 0 Å². The Morgan fingerprint density at radius 1 is 1.62 bits per heavy atom. The van der Waals surface area contributed by atoms with Crippen molar-refractivity contribution in [2.45, 2.75) is 28.9 Å². The van der Waals surface area contributed by atoms with Gasteiger partial charge < -0.3 is 0 Å². The SMILES string of the molecule is CC(C)Sc1c(S)cnn(C)c1=O. The van der Waals surface area contributed by atoms with Crippen molar-refractivity contribution in [3.8, 4) is 0 Å². The van der Waals surface area contributed by atoms with Gasteiger partial charge in [-0.15, -0.1) is 24.4 Å². The van der Waals surface area contributed by atoms with Crippen LogP contribution in [0.5, 0.6) is 0 Å². The Labute approximate surface area is 86.9 Å². The van der Waals surface area contributed by atoms with Gasteiger partial charge in [-0.2, -0.15) is 5.10 Å². The van der Waals surface area contributed by atoms with Crippen molar-refractivity contribution in [3.05, 3.63) is 16.6 Å². The zero-order valence-electron chi connectivity index (χ0n) is 7.81. The van der Waals surface area contributed by atoms with Crippen molar-refractivity contribution in [3.63, 3.8) is 0 Å². The Balaban J connectivity index is 3.18. The maximum absolute atomic E-state index is 11.6. The van der Waals surface area contributed by atoms with Gasteiger partial charge in [0.1, 0.15) is 0 Å². The largest absolute Gasteiger partial charge is 0.281 e. The Hall–Kier alpha value is -0.420. The van der Waals surface area contributed by atoms with Gasteiger partial charge in [0.2, 0.25) is 0 Å². The quantitative estimate of drug-likeness (QED) is 0.602. The van der Waals surface area contributed by atoms with Crippen LogP contribution in [0.2, 0.25) is 0 Å². The van der Waals surface area contributed by atoms with E-state index in [9.17, 15) is 4.79 Å². The second kappa shape index (κ2) is 4.19. The molecule has 0 amide bonds. The van der Waals surface area contributed by atoms with Gasteiger partial charge >= 0.3 is 0 Å². The van der Waals surface area contributed by atoms with E-state index < -0.39 is 0 Å². The van der Waals surface area contributed by atoms with Gasteiger partial charge in [-0.25, -0.2) is 4.68 Å². The molecule has 0 fully saturated rings. The normalized spacial score (nSPS) is 10.8.